The first-order valence-corrected chi connectivity index (χ1v) is 14.6. The number of nitrogens with zero attached hydrogens (tertiary/aromatic N) is 7. The average Bonchev–Trinajstić information content (AvgIpc) is 3.00. The molecular formula is C29H40N8O3. The van der Waals surface area contributed by atoms with Crippen molar-refractivity contribution in [2.24, 2.45) is 0 Å². The molecule has 11 heteroatoms. The number of pyridine rings is 2. The third-order valence-corrected chi connectivity index (χ3v) is 8.06. The van der Waals surface area contributed by atoms with Crippen LogP contribution in [-0.2, 0) is 4.74 Å². The van der Waals surface area contributed by atoms with Gasteiger partial charge in [0.2, 0.25) is 17.7 Å². The molecule has 0 aromatic carbocycles. The third kappa shape index (κ3) is 6.89. The summed E-state index contributed by atoms with van der Waals surface area (Å²) >= 11 is 0. The molecule has 0 amide bonds. The molecular weight excluding hydrogens is 508 g/mol. The summed E-state index contributed by atoms with van der Waals surface area (Å²) in [5.41, 5.74) is 0.909. The van der Waals surface area contributed by atoms with Gasteiger partial charge in [0.15, 0.2) is 0 Å². The molecule has 0 spiro atoms. The van der Waals surface area contributed by atoms with Crippen LogP contribution in [0.4, 0.5) is 11.8 Å². The molecule has 3 aliphatic rings. The molecule has 1 aliphatic carbocycles. The smallest absolute Gasteiger partial charge is 0.226 e. The molecule has 0 atom stereocenters. The van der Waals surface area contributed by atoms with Gasteiger partial charge in [-0.1, -0.05) is 0 Å². The molecule has 11 nitrogen and oxygen atoms in total. The highest BCUT2D eigenvalue weighted by molar-refractivity contribution is 5.85. The van der Waals surface area contributed by atoms with E-state index in [2.05, 4.69) is 48.1 Å². The van der Waals surface area contributed by atoms with E-state index in [0.29, 0.717) is 43.6 Å². The highest BCUT2D eigenvalue weighted by Gasteiger charge is 2.25. The van der Waals surface area contributed by atoms with E-state index in [1.165, 1.54) is 0 Å². The minimum atomic E-state index is 0.110. The van der Waals surface area contributed by atoms with E-state index >= 15 is 0 Å². The summed E-state index contributed by atoms with van der Waals surface area (Å²) in [6, 6.07) is 8.16. The largest absolute Gasteiger partial charge is 0.476 e. The van der Waals surface area contributed by atoms with Crippen LogP contribution in [0.25, 0.3) is 10.9 Å². The Morgan fingerprint density at radius 2 is 1.77 bits per heavy atom. The molecule has 0 unspecified atom stereocenters. The van der Waals surface area contributed by atoms with Crippen molar-refractivity contribution < 1.29 is 14.2 Å². The van der Waals surface area contributed by atoms with Crippen LogP contribution in [0.15, 0.2) is 36.7 Å². The molecule has 0 bridgehead atoms. The summed E-state index contributed by atoms with van der Waals surface area (Å²) in [5, 5.41) is 4.47. The van der Waals surface area contributed by atoms with Crippen molar-refractivity contribution in [1.29, 1.82) is 0 Å². The lowest BCUT2D eigenvalue weighted by Gasteiger charge is -2.32. The van der Waals surface area contributed by atoms with Gasteiger partial charge in [0.1, 0.15) is 18.5 Å². The second-order valence-electron chi connectivity index (χ2n) is 10.9. The van der Waals surface area contributed by atoms with Gasteiger partial charge in [-0.05, 0) is 44.9 Å². The van der Waals surface area contributed by atoms with Crippen LogP contribution in [0.5, 0.6) is 11.8 Å². The van der Waals surface area contributed by atoms with Crippen molar-refractivity contribution in [2.75, 3.05) is 82.9 Å². The molecule has 3 aromatic heterocycles. The molecule has 0 radical (unpaired) electrons. The first-order chi connectivity index (χ1) is 19.7. The molecule has 1 N–H and O–H groups in total. The molecule has 6 rings (SSSR count). The van der Waals surface area contributed by atoms with Crippen molar-refractivity contribution in [3.8, 4) is 11.8 Å². The Balaban J connectivity index is 1.01. The maximum Gasteiger partial charge on any atom is 0.226 e. The lowest BCUT2D eigenvalue weighted by atomic mass is 9.93. The highest BCUT2D eigenvalue weighted by atomic mass is 16.5. The lowest BCUT2D eigenvalue weighted by Crippen LogP contribution is -2.45. The Morgan fingerprint density at radius 1 is 0.950 bits per heavy atom. The Kier molecular flexibility index (Phi) is 8.70. The number of ether oxygens (including phenoxy) is 3. The summed E-state index contributed by atoms with van der Waals surface area (Å²) < 4.78 is 18.0. The van der Waals surface area contributed by atoms with Gasteiger partial charge in [-0.25, -0.2) is 4.98 Å². The van der Waals surface area contributed by atoms with E-state index in [4.69, 9.17) is 19.2 Å². The zero-order valence-corrected chi connectivity index (χ0v) is 23.4. The molecule has 214 valence electrons. The van der Waals surface area contributed by atoms with E-state index < -0.39 is 0 Å². The number of aromatic nitrogens is 4. The van der Waals surface area contributed by atoms with Gasteiger partial charge in [0, 0.05) is 76.4 Å². The first-order valence-electron chi connectivity index (χ1n) is 14.6. The van der Waals surface area contributed by atoms with Crippen LogP contribution in [0.3, 0.4) is 0 Å². The van der Waals surface area contributed by atoms with Gasteiger partial charge < -0.3 is 29.3 Å². The van der Waals surface area contributed by atoms with Crippen LogP contribution in [-0.4, -0.2) is 115 Å². The van der Waals surface area contributed by atoms with Gasteiger partial charge in [0.05, 0.1) is 24.1 Å². The zero-order valence-electron chi connectivity index (χ0n) is 23.4. The maximum absolute atomic E-state index is 6.52. The summed E-state index contributed by atoms with van der Waals surface area (Å²) in [6.07, 6.45) is 7.51. The Bertz CT molecular complexity index is 1240. The standard InChI is InChI=1S/C29H40N8O3/c1-35-11-13-36(14-12-35)15-20-39-27-8-10-31-29(34-27)32-22-4-6-23(7-5-22)40-28-24-3-2-9-30-25(24)21-26(33-28)37-16-18-38-19-17-37/h2-3,8-10,21-23H,4-7,11-20H2,1H3,(H,31,32,34). The number of rotatable bonds is 9. The van der Waals surface area contributed by atoms with Crippen LogP contribution in [0.1, 0.15) is 25.7 Å². The van der Waals surface area contributed by atoms with Gasteiger partial charge in [0.25, 0.3) is 0 Å². The monoisotopic (exact) mass is 548 g/mol. The van der Waals surface area contributed by atoms with Gasteiger partial charge in [-0.2, -0.15) is 9.97 Å². The number of hydrogen-bond acceptors (Lipinski definition) is 11. The average molecular weight is 549 g/mol. The normalized spacial score (nSPS) is 22.8. The zero-order chi connectivity index (χ0) is 27.1. The quantitative estimate of drug-likeness (QED) is 0.427. The minimum absolute atomic E-state index is 0.110. The number of likely N-dealkylation sites (N-methyl/N-ethyl adjacent to an activating group) is 1. The van der Waals surface area contributed by atoms with Crippen molar-refractivity contribution in [3.63, 3.8) is 0 Å². The highest BCUT2D eigenvalue weighted by Crippen LogP contribution is 2.31. The molecule has 5 heterocycles. The fraction of sp³-hybridized carbons (Fsp3) is 0.586. The molecule has 3 fully saturated rings. The van der Waals surface area contributed by atoms with Crippen molar-refractivity contribution in [1.82, 2.24) is 29.7 Å². The summed E-state index contributed by atoms with van der Waals surface area (Å²) in [4.78, 5) is 25.6. The number of hydrogen-bond donors (Lipinski definition) is 1. The summed E-state index contributed by atoms with van der Waals surface area (Å²) in [6.45, 7) is 9.03. The second kappa shape index (κ2) is 12.9. The van der Waals surface area contributed by atoms with Crippen molar-refractivity contribution >= 4 is 22.7 Å². The SMILES string of the molecule is CN1CCN(CCOc2ccnc(NC3CCC(Oc4nc(N5CCOCC5)cc5ncccc45)CC3)n2)CC1. The first kappa shape index (κ1) is 26.9. The predicted octanol–water partition coefficient (Wildman–Crippen LogP) is 2.68. The predicted molar refractivity (Wildman–Crippen MR) is 154 cm³/mol. The summed E-state index contributed by atoms with van der Waals surface area (Å²) in [7, 11) is 2.17. The molecule has 2 saturated heterocycles. The van der Waals surface area contributed by atoms with Gasteiger partial charge in [-0.3, -0.25) is 9.88 Å². The van der Waals surface area contributed by atoms with Crippen LogP contribution in [0.2, 0.25) is 0 Å². The van der Waals surface area contributed by atoms with Crippen molar-refractivity contribution in [2.45, 2.75) is 37.8 Å². The number of morpholine rings is 1. The van der Waals surface area contributed by atoms with E-state index in [1.54, 1.807) is 6.20 Å². The second-order valence-corrected chi connectivity index (χ2v) is 10.9. The molecule has 3 aromatic rings. The number of nitrogens with one attached hydrogen (secondary N) is 1. The van der Waals surface area contributed by atoms with Crippen molar-refractivity contribution in [3.05, 3.63) is 36.7 Å². The topological polar surface area (TPSA) is 101 Å². The third-order valence-electron chi connectivity index (χ3n) is 8.06. The van der Waals surface area contributed by atoms with Gasteiger partial charge in [-0.15, -0.1) is 0 Å². The number of anilines is 2. The molecule has 2 aliphatic heterocycles. The van der Waals surface area contributed by atoms with Crippen LogP contribution in [0, 0.1) is 0 Å². The number of piperazine rings is 1. The Hall–Kier alpha value is -3.28. The summed E-state index contributed by atoms with van der Waals surface area (Å²) in [5.74, 6) is 2.82. The minimum Gasteiger partial charge on any atom is -0.476 e. The Morgan fingerprint density at radius 3 is 2.60 bits per heavy atom. The van der Waals surface area contributed by atoms with E-state index in [0.717, 1.165) is 88.2 Å². The van der Waals surface area contributed by atoms with E-state index in [9.17, 15) is 0 Å². The Labute approximate surface area is 235 Å². The van der Waals surface area contributed by atoms with E-state index in [1.807, 2.05) is 24.4 Å². The van der Waals surface area contributed by atoms with Crippen LogP contribution >= 0.6 is 0 Å². The van der Waals surface area contributed by atoms with Crippen LogP contribution < -0.4 is 19.7 Å². The molecule has 1 saturated carbocycles. The fourth-order valence-electron chi connectivity index (χ4n) is 5.58. The fourth-order valence-corrected chi connectivity index (χ4v) is 5.58. The maximum atomic E-state index is 6.52. The molecule has 40 heavy (non-hydrogen) atoms. The van der Waals surface area contributed by atoms with Gasteiger partial charge >= 0.3 is 0 Å². The van der Waals surface area contributed by atoms with E-state index in [-0.39, 0.29) is 6.10 Å². The lowest BCUT2D eigenvalue weighted by molar-refractivity contribution is 0.122. The number of fused-ring (bicyclic) bond motifs is 1.